The van der Waals surface area contributed by atoms with Crippen molar-refractivity contribution in [3.63, 3.8) is 0 Å². The lowest BCUT2D eigenvalue weighted by Crippen LogP contribution is -2.49. The highest BCUT2D eigenvalue weighted by Crippen LogP contribution is 2.46. The van der Waals surface area contributed by atoms with Gasteiger partial charge in [-0.1, -0.05) is 30.7 Å². The van der Waals surface area contributed by atoms with Crippen LogP contribution in [0.5, 0.6) is 5.88 Å². The molecule has 4 aliphatic rings. The lowest BCUT2D eigenvalue weighted by atomic mass is 9.79. The number of fused-ring (bicyclic) bond motifs is 11. The van der Waals surface area contributed by atoms with Gasteiger partial charge in [0.2, 0.25) is 5.88 Å². The van der Waals surface area contributed by atoms with Crippen molar-refractivity contribution in [1.82, 2.24) is 19.9 Å². The number of aromatic nitrogens is 3. The molecule has 4 atom stereocenters. The molecule has 1 N–H and O–H groups in total. The monoisotopic (exact) mass is 637 g/mol. The molecular weight excluding hydrogens is 605 g/mol. The molecule has 7 heterocycles. The summed E-state index contributed by atoms with van der Waals surface area (Å²) in [5.41, 5.74) is -0.0875. The number of nitrogens with zero attached hydrogens (tertiary/aromatic N) is 5. The van der Waals surface area contributed by atoms with Crippen LogP contribution >= 0.6 is 11.6 Å². The quantitative estimate of drug-likeness (QED) is 0.269. The standard InChI is InChI=1S/C32H33ClFN5O6/c1-18-16-38-11-10-32(18,34)22-13-19(33)15-35-29(22)44-20-14-23(30(40)41)39(17-20)28-27-26(21-7-4-5-8-24(21)45-27)36-25(37-28)9-3-2-6-12-43-31(38)42/h4-5,7-8,13,15,18,20,23H,2-3,6,9-12,14,16-17H2,1H3,(H,40,41)/t18-,20-,23-,32+/m0/s1. The molecule has 1 aromatic carbocycles. The zero-order valence-corrected chi connectivity index (χ0v) is 25.5. The zero-order chi connectivity index (χ0) is 31.3. The number of benzene rings is 1. The van der Waals surface area contributed by atoms with Crippen LogP contribution in [-0.2, 0) is 21.6 Å². The van der Waals surface area contributed by atoms with Gasteiger partial charge in [0, 0.05) is 49.9 Å². The molecule has 2 saturated heterocycles. The zero-order valence-electron chi connectivity index (χ0n) is 24.7. The minimum Gasteiger partial charge on any atom is -0.480 e. The van der Waals surface area contributed by atoms with Crippen molar-refractivity contribution in [3.8, 4) is 5.88 Å². The minimum atomic E-state index is -1.89. The van der Waals surface area contributed by atoms with Gasteiger partial charge >= 0.3 is 12.1 Å². The lowest BCUT2D eigenvalue weighted by molar-refractivity contribution is -0.138. The molecular formula is C32H33ClFN5O6. The molecule has 1 amide bonds. The van der Waals surface area contributed by atoms with E-state index in [0.717, 1.165) is 18.2 Å². The normalized spacial score (nSPS) is 26.0. The number of rotatable bonds is 1. The van der Waals surface area contributed by atoms with Crippen molar-refractivity contribution >= 4 is 51.6 Å². The Labute approximate surface area is 263 Å². The number of carboxylic acid groups (broad SMARTS) is 1. The molecule has 3 aromatic heterocycles. The first-order chi connectivity index (χ1) is 21.7. The van der Waals surface area contributed by atoms with Crippen LogP contribution in [0.1, 0.15) is 50.4 Å². The molecule has 0 saturated carbocycles. The summed E-state index contributed by atoms with van der Waals surface area (Å²) in [7, 11) is 0. The fourth-order valence-electron chi connectivity index (χ4n) is 6.74. The number of furan rings is 1. The number of anilines is 1. The number of halogens is 2. The summed E-state index contributed by atoms with van der Waals surface area (Å²) in [6.45, 7) is 2.44. The van der Waals surface area contributed by atoms with E-state index in [2.05, 4.69) is 4.98 Å². The Morgan fingerprint density at radius 2 is 2.02 bits per heavy atom. The van der Waals surface area contributed by atoms with Crippen molar-refractivity contribution in [2.75, 3.05) is 31.1 Å². The van der Waals surface area contributed by atoms with Gasteiger partial charge in [0.1, 0.15) is 34.7 Å². The number of ether oxygens (including phenoxy) is 2. The van der Waals surface area contributed by atoms with Crippen LogP contribution in [0.3, 0.4) is 0 Å². The summed E-state index contributed by atoms with van der Waals surface area (Å²) in [4.78, 5) is 42.7. The van der Waals surface area contributed by atoms with Gasteiger partial charge in [0.05, 0.1) is 23.7 Å². The number of pyridine rings is 1. The molecule has 0 unspecified atom stereocenters. The molecule has 236 valence electrons. The van der Waals surface area contributed by atoms with Gasteiger partial charge < -0.3 is 28.8 Å². The predicted molar refractivity (Wildman–Crippen MR) is 163 cm³/mol. The van der Waals surface area contributed by atoms with E-state index < -0.39 is 35.8 Å². The molecule has 0 aliphatic carbocycles. The number of para-hydroxylation sites is 1. The average molecular weight is 638 g/mol. The number of carboxylic acids is 1. The Morgan fingerprint density at radius 1 is 1.18 bits per heavy atom. The highest BCUT2D eigenvalue weighted by atomic mass is 35.5. The Balaban J connectivity index is 1.31. The number of alkyl halides is 1. The van der Waals surface area contributed by atoms with Crippen molar-refractivity contribution in [2.45, 2.75) is 63.3 Å². The van der Waals surface area contributed by atoms with E-state index in [1.807, 2.05) is 24.3 Å². The molecule has 11 nitrogen and oxygen atoms in total. The number of aryl methyl sites for hydroxylation is 1. The first-order valence-electron chi connectivity index (χ1n) is 15.3. The Kier molecular flexibility index (Phi) is 7.63. The molecule has 45 heavy (non-hydrogen) atoms. The van der Waals surface area contributed by atoms with E-state index in [0.29, 0.717) is 41.2 Å². The molecule has 8 rings (SSSR count). The maximum atomic E-state index is 16.9. The Morgan fingerprint density at radius 3 is 2.84 bits per heavy atom. The highest BCUT2D eigenvalue weighted by molar-refractivity contribution is 6.30. The van der Waals surface area contributed by atoms with Gasteiger partial charge in [-0.05, 0) is 37.5 Å². The number of piperidine rings is 1. The molecule has 13 heteroatoms. The van der Waals surface area contributed by atoms with Gasteiger partial charge in [-0.15, -0.1) is 0 Å². The maximum absolute atomic E-state index is 16.9. The van der Waals surface area contributed by atoms with Crippen molar-refractivity contribution < 1.29 is 33.0 Å². The van der Waals surface area contributed by atoms with Crippen molar-refractivity contribution in [2.24, 2.45) is 5.92 Å². The van der Waals surface area contributed by atoms with E-state index in [1.54, 1.807) is 11.8 Å². The summed E-state index contributed by atoms with van der Waals surface area (Å²) in [6.07, 6.45) is 3.07. The van der Waals surface area contributed by atoms with E-state index in [-0.39, 0.29) is 55.5 Å². The van der Waals surface area contributed by atoms with Crippen LogP contribution in [0.4, 0.5) is 15.0 Å². The van der Waals surface area contributed by atoms with Crippen LogP contribution in [0.15, 0.2) is 40.9 Å². The van der Waals surface area contributed by atoms with E-state index >= 15 is 4.39 Å². The van der Waals surface area contributed by atoms with E-state index in [4.69, 9.17) is 35.5 Å². The topological polar surface area (TPSA) is 131 Å². The van der Waals surface area contributed by atoms with Crippen LogP contribution < -0.4 is 9.64 Å². The number of amides is 1. The molecule has 2 fully saturated rings. The summed E-state index contributed by atoms with van der Waals surface area (Å²) >= 11 is 6.31. The first kappa shape index (κ1) is 29.5. The van der Waals surface area contributed by atoms with E-state index in [9.17, 15) is 14.7 Å². The average Bonchev–Trinajstić information content (AvgIpc) is 3.62. The molecule has 0 spiro atoms. The van der Waals surface area contributed by atoms with Crippen molar-refractivity contribution in [3.05, 3.63) is 52.9 Å². The van der Waals surface area contributed by atoms with Crippen molar-refractivity contribution in [1.29, 1.82) is 0 Å². The summed E-state index contributed by atoms with van der Waals surface area (Å²) in [6, 6.07) is 8.04. The Bertz CT molecular complexity index is 1790. The fourth-order valence-corrected chi connectivity index (χ4v) is 6.90. The van der Waals surface area contributed by atoms with Crippen LogP contribution in [0.2, 0.25) is 5.02 Å². The summed E-state index contributed by atoms with van der Waals surface area (Å²) in [5, 5.41) is 11.4. The number of carbonyl (C=O) groups excluding carboxylic acids is 1. The first-order valence-corrected chi connectivity index (χ1v) is 15.7. The number of hydrogen-bond acceptors (Lipinski definition) is 9. The van der Waals surface area contributed by atoms with Gasteiger partial charge in [-0.25, -0.2) is 28.9 Å². The summed E-state index contributed by atoms with van der Waals surface area (Å²) in [5.74, 6) is -0.671. The molecule has 4 aliphatic heterocycles. The van der Waals surface area contributed by atoms with Crippen LogP contribution in [0, 0.1) is 5.92 Å². The Hall–Kier alpha value is -4.19. The molecule has 6 bridgehead atoms. The van der Waals surface area contributed by atoms with Gasteiger partial charge in [-0.2, -0.15) is 0 Å². The third-order valence-corrected chi connectivity index (χ3v) is 9.37. The second-order valence-electron chi connectivity index (χ2n) is 12.1. The second-order valence-corrected chi connectivity index (χ2v) is 12.5. The number of aliphatic carboxylic acids is 1. The second kappa shape index (κ2) is 11.6. The molecule has 4 aromatic rings. The highest BCUT2D eigenvalue weighted by Gasteiger charge is 2.47. The lowest BCUT2D eigenvalue weighted by Gasteiger charge is -2.41. The van der Waals surface area contributed by atoms with Crippen LogP contribution in [-0.4, -0.2) is 75.4 Å². The van der Waals surface area contributed by atoms with E-state index in [1.165, 1.54) is 17.2 Å². The fraction of sp³-hybridized carbons (Fsp3) is 0.469. The predicted octanol–water partition coefficient (Wildman–Crippen LogP) is 5.90. The number of hydrogen-bond donors (Lipinski definition) is 1. The number of carbonyl (C=O) groups is 2. The third-order valence-electron chi connectivity index (χ3n) is 9.16. The smallest absolute Gasteiger partial charge is 0.409 e. The van der Waals surface area contributed by atoms with Gasteiger partial charge in [0.25, 0.3) is 0 Å². The maximum Gasteiger partial charge on any atom is 0.409 e. The largest absolute Gasteiger partial charge is 0.480 e. The minimum absolute atomic E-state index is 0.00391. The molecule has 0 radical (unpaired) electrons. The SMILES string of the molecule is C[C@H]1CN2CC[C@]1(F)c1cc(Cl)cnc1O[C@H]1C[C@@H](C(=O)O)N(C1)c1nc(nc3c1oc1ccccc13)CCCCCOC2=O. The third kappa shape index (κ3) is 5.38. The van der Waals surface area contributed by atoms with Gasteiger partial charge in [0.15, 0.2) is 11.4 Å². The van der Waals surface area contributed by atoms with Crippen LogP contribution in [0.25, 0.3) is 22.1 Å². The summed E-state index contributed by atoms with van der Waals surface area (Å²) < 4.78 is 35.0. The van der Waals surface area contributed by atoms with Gasteiger partial charge in [-0.3, -0.25) is 0 Å².